The Morgan fingerprint density at radius 3 is 2.79 bits per heavy atom. The zero-order chi connectivity index (χ0) is 13.9. The van der Waals surface area contributed by atoms with Crippen LogP contribution in [0.1, 0.15) is 31.7 Å². The first-order valence-corrected chi connectivity index (χ1v) is 8.24. The number of thioether (sulfide) groups is 1. The number of benzene rings is 1. The fourth-order valence-electron chi connectivity index (χ4n) is 1.80. The van der Waals surface area contributed by atoms with Crippen molar-refractivity contribution in [2.45, 2.75) is 32.7 Å². The molecule has 0 unspecified atom stereocenters. The number of unbranched alkanes of at least 4 members (excludes halogenated alkanes) is 1. The first kappa shape index (κ1) is 16.1. The second-order valence-corrected chi connectivity index (χ2v) is 5.42. The van der Waals surface area contributed by atoms with Crippen LogP contribution in [-0.4, -0.2) is 24.5 Å². The Morgan fingerprint density at radius 1 is 1.26 bits per heavy atom. The van der Waals surface area contributed by atoms with Crippen LogP contribution < -0.4 is 10.6 Å². The number of carbonyl (C=O) groups is 1. The van der Waals surface area contributed by atoms with E-state index in [-0.39, 0.29) is 5.91 Å². The Bertz CT molecular complexity index is 382. The largest absolute Gasteiger partial charge is 0.326 e. The lowest BCUT2D eigenvalue weighted by molar-refractivity contribution is -0.116. The maximum atomic E-state index is 11.9. The highest BCUT2D eigenvalue weighted by atomic mass is 32.2. The van der Waals surface area contributed by atoms with Gasteiger partial charge in [-0.05, 0) is 43.0 Å². The highest BCUT2D eigenvalue weighted by molar-refractivity contribution is 7.98. The van der Waals surface area contributed by atoms with Crippen LogP contribution in [0, 0.1) is 0 Å². The zero-order valence-electron chi connectivity index (χ0n) is 11.9. The van der Waals surface area contributed by atoms with E-state index in [0.29, 0.717) is 6.42 Å². The average Bonchev–Trinajstić information content (AvgIpc) is 2.43. The van der Waals surface area contributed by atoms with Crippen LogP contribution in [-0.2, 0) is 11.3 Å². The van der Waals surface area contributed by atoms with Crippen molar-refractivity contribution in [1.82, 2.24) is 5.32 Å². The lowest BCUT2D eigenvalue weighted by Crippen LogP contribution is -2.16. The third-order valence-corrected chi connectivity index (χ3v) is 3.56. The van der Waals surface area contributed by atoms with Crippen LogP contribution >= 0.6 is 11.8 Å². The smallest absolute Gasteiger partial charge is 0.224 e. The Hall–Kier alpha value is -1.000. The van der Waals surface area contributed by atoms with E-state index in [1.165, 1.54) is 0 Å². The normalized spacial score (nSPS) is 10.4. The second-order valence-electron chi connectivity index (χ2n) is 4.44. The van der Waals surface area contributed by atoms with E-state index in [1.807, 2.05) is 36.0 Å². The lowest BCUT2D eigenvalue weighted by Gasteiger charge is -2.11. The van der Waals surface area contributed by atoms with Gasteiger partial charge in [0, 0.05) is 18.7 Å². The van der Waals surface area contributed by atoms with Crippen molar-refractivity contribution in [3.8, 4) is 0 Å². The molecule has 0 aliphatic rings. The van der Waals surface area contributed by atoms with E-state index in [0.717, 1.165) is 42.9 Å². The van der Waals surface area contributed by atoms with Gasteiger partial charge in [0.25, 0.3) is 0 Å². The molecule has 0 saturated carbocycles. The van der Waals surface area contributed by atoms with Crippen molar-refractivity contribution < 1.29 is 4.79 Å². The van der Waals surface area contributed by atoms with Crippen molar-refractivity contribution in [2.75, 3.05) is 23.9 Å². The SMILES string of the molecule is CCNCc1ccccc1NC(=O)CCCCSC. The Labute approximate surface area is 120 Å². The minimum absolute atomic E-state index is 0.116. The highest BCUT2D eigenvalue weighted by Gasteiger charge is 2.05. The van der Waals surface area contributed by atoms with Gasteiger partial charge < -0.3 is 10.6 Å². The molecule has 1 rings (SSSR count). The first-order chi connectivity index (χ1) is 9.27. The Morgan fingerprint density at radius 2 is 2.05 bits per heavy atom. The van der Waals surface area contributed by atoms with Crippen LogP contribution in [0.2, 0.25) is 0 Å². The van der Waals surface area contributed by atoms with E-state index in [2.05, 4.69) is 23.8 Å². The molecule has 0 radical (unpaired) electrons. The summed E-state index contributed by atoms with van der Waals surface area (Å²) in [6, 6.07) is 7.97. The van der Waals surface area contributed by atoms with Crippen molar-refractivity contribution in [1.29, 1.82) is 0 Å². The van der Waals surface area contributed by atoms with E-state index < -0.39 is 0 Å². The van der Waals surface area contributed by atoms with E-state index in [9.17, 15) is 4.79 Å². The molecule has 0 aromatic heterocycles. The maximum Gasteiger partial charge on any atom is 0.224 e. The fraction of sp³-hybridized carbons (Fsp3) is 0.533. The van der Waals surface area contributed by atoms with Crippen LogP contribution in [0.25, 0.3) is 0 Å². The molecule has 0 aliphatic carbocycles. The number of para-hydroxylation sites is 1. The third kappa shape index (κ3) is 6.64. The molecule has 0 atom stereocenters. The molecule has 1 aromatic carbocycles. The summed E-state index contributed by atoms with van der Waals surface area (Å²) >= 11 is 1.83. The standard InChI is InChI=1S/C15H24N2OS/c1-3-16-12-13-8-4-5-9-14(13)17-15(18)10-6-7-11-19-2/h4-5,8-9,16H,3,6-7,10-12H2,1-2H3,(H,17,18). The van der Waals surface area contributed by atoms with Gasteiger partial charge in [0.2, 0.25) is 5.91 Å². The quantitative estimate of drug-likeness (QED) is 0.682. The summed E-state index contributed by atoms with van der Waals surface area (Å²) in [6.07, 6.45) is 4.77. The minimum Gasteiger partial charge on any atom is -0.326 e. The van der Waals surface area contributed by atoms with Crippen molar-refractivity contribution >= 4 is 23.4 Å². The summed E-state index contributed by atoms with van der Waals surface area (Å²) in [5, 5.41) is 6.29. The Balaban J connectivity index is 2.44. The monoisotopic (exact) mass is 280 g/mol. The number of hydrogen-bond donors (Lipinski definition) is 2. The van der Waals surface area contributed by atoms with Gasteiger partial charge in [-0.1, -0.05) is 25.1 Å². The van der Waals surface area contributed by atoms with Gasteiger partial charge in [0.1, 0.15) is 0 Å². The summed E-state index contributed by atoms with van der Waals surface area (Å²) in [6.45, 7) is 3.79. The van der Waals surface area contributed by atoms with E-state index in [1.54, 1.807) is 0 Å². The summed E-state index contributed by atoms with van der Waals surface area (Å²) in [4.78, 5) is 11.9. The molecular formula is C15H24N2OS. The molecule has 2 N–H and O–H groups in total. The first-order valence-electron chi connectivity index (χ1n) is 6.85. The van der Waals surface area contributed by atoms with Gasteiger partial charge in [-0.15, -0.1) is 0 Å². The molecule has 0 saturated heterocycles. The van der Waals surface area contributed by atoms with Crippen LogP contribution in [0.15, 0.2) is 24.3 Å². The summed E-state index contributed by atoms with van der Waals surface area (Å²) in [5.41, 5.74) is 2.07. The number of nitrogens with one attached hydrogen (secondary N) is 2. The average molecular weight is 280 g/mol. The van der Waals surface area contributed by atoms with Crippen molar-refractivity contribution in [2.24, 2.45) is 0 Å². The summed E-state index contributed by atoms with van der Waals surface area (Å²) < 4.78 is 0. The molecule has 0 fully saturated rings. The molecule has 1 aromatic rings. The molecule has 0 bridgehead atoms. The topological polar surface area (TPSA) is 41.1 Å². The molecule has 3 nitrogen and oxygen atoms in total. The third-order valence-electron chi connectivity index (χ3n) is 2.86. The van der Waals surface area contributed by atoms with E-state index >= 15 is 0 Å². The van der Waals surface area contributed by atoms with Crippen LogP contribution in [0.5, 0.6) is 0 Å². The highest BCUT2D eigenvalue weighted by Crippen LogP contribution is 2.15. The van der Waals surface area contributed by atoms with Crippen LogP contribution in [0.4, 0.5) is 5.69 Å². The number of rotatable bonds is 9. The molecule has 0 spiro atoms. The molecular weight excluding hydrogens is 256 g/mol. The minimum atomic E-state index is 0.116. The van der Waals surface area contributed by atoms with Gasteiger partial charge in [0.15, 0.2) is 0 Å². The fourth-order valence-corrected chi connectivity index (χ4v) is 2.29. The molecule has 1 amide bonds. The van der Waals surface area contributed by atoms with E-state index in [4.69, 9.17) is 0 Å². The van der Waals surface area contributed by atoms with Crippen molar-refractivity contribution in [3.05, 3.63) is 29.8 Å². The zero-order valence-corrected chi connectivity index (χ0v) is 12.7. The molecule has 0 aliphatic heterocycles. The van der Waals surface area contributed by atoms with Crippen LogP contribution in [0.3, 0.4) is 0 Å². The summed E-state index contributed by atoms with van der Waals surface area (Å²) in [5.74, 6) is 1.25. The van der Waals surface area contributed by atoms with Gasteiger partial charge >= 0.3 is 0 Å². The Kier molecular flexibility index (Phi) is 8.34. The number of amides is 1. The second kappa shape index (κ2) is 9.87. The number of carbonyl (C=O) groups excluding carboxylic acids is 1. The van der Waals surface area contributed by atoms with Gasteiger partial charge in [0.05, 0.1) is 0 Å². The maximum absolute atomic E-state index is 11.9. The predicted molar refractivity (Wildman–Crippen MR) is 84.7 cm³/mol. The summed E-state index contributed by atoms with van der Waals surface area (Å²) in [7, 11) is 0. The van der Waals surface area contributed by atoms with Gasteiger partial charge in [-0.2, -0.15) is 11.8 Å². The molecule has 19 heavy (non-hydrogen) atoms. The molecule has 4 heteroatoms. The number of hydrogen-bond acceptors (Lipinski definition) is 3. The van der Waals surface area contributed by atoms with Gasteiger partial charge in [-0.25, -0.2) is 0 Å². The van der Waals surface area contributed by atoms with Crippen molar-refractivity contribution in [3.63, 3.8) is 0 Å². The number of anilines is 1. The molecule has 106 valence electrons. The predicted octanol–water partition coefficient (Wildman–Crippen LogP) is 3.27. The lowest BCUT2D eigenvalue weighted by atomic mass is 10.1. The van der Waals surface area contributed by atoms with Gasteiger partial charge in [-0.3, -0.25) is 4.79 Å². The molecule has 0 heterocycles.